The summed E-state index contributed by atoms with van der Waals surface area (Å²) < 4.78 is 10.9. The molecule has 1 aromatic heterocycles. The summed E-state index contributed by atoms with van der Waals surface area (Å²) in [5.41, 5.74) is 1.89. The van der Waals surface area contributed by atoms with Gasteiger partial charge in [-0.05, 0) is 18.9 Å². The van der Waals surface area contributed by atoms with Gasteiger partial charge in [0.25, 0.3) is 5.91 Å². The fourth-order valence-electron chi connectivity index (χ4n) is 3.30. The van der Waals surface area contributed by atoms with E-state index in [2.05, 4.69) is 10.3 Å². The van der Waals surface area contributed by atoms with Crippen LogP contribution in [-0.4, -0.2) is 42.5 Å². The Labute approximate surface area is 140 Å². The Hall–Kier alpha value is -2.34. The standard InChI is InChI=1S/C18H21N3O3/c1-23-15-5-3-2-4-13(15)14-10-21(9-8-19-14)18(22)17-16(12-6-7-12)20-11-24-17/h2-5,11-12,14,19H,6-10H2,1H3. The predicted molar refractivity (Wildman–Crippen MR) is 88.1 cm³/mol. The van der Waals surface area contributed by atoms with Crippen LogP contribution >= 0.6 is 0 Å². The Kier molecular flexibility index (Phi) is 3.98. The minimum absolute atomic E-state index is 0.0474. The zero-order valence-electron chi connectivity index (χ0n) is 13.7. The molecule has 2 fully saturated rings. The van der Waals surface area contributed by atoms with Gasteiger partial charge < -0.3 is 19.4 Å². The van der Waals surface area contributed by atoms with Crippen LogP contribution in [0.1, 0.15) is 46.6 Å². The molecule has 2 aliphatic rings. The molecule has 1 aromatic carbocycles. The average Bonchev–Trinajstić information content (AvgIpc) is 3.37. The van der Waals surface area contributed by atoms with E-state index in [-0.39, 0.29) is 11.9 Å². The lowest BCUT2D eigenvalue weighted by molar-refractivity contribution is 0.0668. The first-order valence-electron chi connectivity index (χ1n) is 8.37. The SMILES string of the molecule is COc1ccccc1C1CN(C(=O)c2ocnc2C2CC2)CCN1. The smallest absolute Gasteiger partial charge is 0.291 e. The number of rotatable bonds is 4. The molecule has 2 aromatic rings. The molecule has 6 heteroatoms. The van der Waals surface area contributed by atoms with E-state index in [1.807, 2.05) is 29.2 Å². The van der Waals surface area contributed by atoms with Crippen LogP contribution in [0.3, 0.4) is 0 Å². The number of methoxy groups -OCH3 is 1. The zero-order valence-corrected chi connectivity index (χ0v) is 13.7. The molecule has 0 radical (unpaired) electrons. The van der Waals surface area contributed by atoms with Crippen molar-refractivity contribution in [2.75, 3.05) is 26.7 Å². The summed E-state index contributed by atoms with van der Waals surface area (Å²) in [6.07, 6.45) is 3.58. The molecular weight excluding hydrogens is 306 g/mol. The number of carbonyl (C=O) groups excluding carboxylic acids is 1. The van der Waals surface area contributed by atoms with Crippen molar-refractivity contribution in [3.05, 3.63) is 47.7 Å². The van der Waals surface area contributed by atoms with Crippen LogP contribution in [0, 0.1) is 0 Å². The summed E-state index contributed by atoms with van der Waals surface area (Å²) in [5.74, 6) is 1.59. The summed E-state index contributed by atoms with van der Waals surface area (Å²) in [6, 6.07) is 7.96. The highest BCUT2D eigenvalue weighted by molar-refractivity contribution is 5.92. The predicted octanol–water partition coefficient (Wildman–Crippen LogP) is 2.35. The molecule has 1 saturated heterocycles. The second-order valence-electron chi connectivity index (χ2n) is 6.34. The van der Waals surface area contributed by atoms with Gasteiger partial charge >= 0.3 is 0 Å². The minimum Gasteiger partial charge on any atom is -0.496 e. The van der Waals surface area contributed by atoms with Crippen molar-refractivity contribution >= 4 is 5.91 Å². The number of nitrogens with zero attached hydrogens (tertiary/aromatic N) is 2. The van der Waals surface area contributed by atoms with Crippen LogP contribution in [0.4, 0.5) is 0 Å². The Morgan fingerprint density at radius 1 is 1.38 bits per heavy atom. The van der Waals surface area contributed by atoms with Crippen LogP contribution in [0.25, 0.3) is 0 Å². The van der Waals surface area contributed by atoms with Gasteiger partial charge in [0.1, 0.15) is 5.75 Å². The maximum absolute atomic E-state index is 12.9. The number of oxazole rings is 1. The summed E-state index contributed by atoms with van der Waals surface area (Å²) in [7, 11) is 1.67. The number of piperazine rings is 1. The molecule has 126 valence electrons. The molecular formula is C18H21N3O3. The third-order valence-corrected chi connectivity index (χ3v) is 4.73. The van der Waals surface area contributed by atoms with E-state index in [0.717, 1.165) is 36.4 Å². The fraction of sp³-hybridized carbons (Fsp3) is 0.444. The van der Waals surface area contributed by atoms with Gasteiger partial charge in [-0.1, -0.05) is 18.2 Å². The van der Waals surface area contributed by atoms with E-state index >= 15 is 0 Å². The molecule has 1 aliphatic carbocycles. The molecule has 1 N–H and O–H groups in total. The molecule has 6 nitrogen and oxygen atoms in total. The monoisotopic (exact) mass is 327 g/mol. The van der Waals surface area contributed by atoms with E-state index in [4.69, 9.17) is 9.15 Å². The first-order valence-corrected chi connectivity index (χ1v) is 8.37. The first-order chi connectivity index (χ1) is 11.8. The number of ether oxygens (including phenoxy) is 1. The van der Waals surface area contributed by atoms with Gasteiger partial charge in [0, 0.05) is 31.1 Å². The lowest BCUT2D eigenvalue weighted by Gasteiger charge is -2.34. The maximum Gasteiger partial charge on any atom is 0.291 e. The van der Waals surface area contributed by atoms with E-state index in [1.165, 1.54) is 6.39 Å². The van der Waals surface area contributed by atoms with Crippen molar-refractivity contribution in [1.29, 1.82) is 0 Å². The fourth-order valence-corrected chi connectivity index (χ4v) is 3.30. The highest BCUT2D eigenvalue weighted by Crippen LogP contribution is 2.41. The molecule has 1 saturated carbocycles. The number of hydrogen-bond donors (Lipinski definition) is 1. The molecule has 4 rings (SSSR count). The van der Waals surface area contributed by atoms with Crippen LogP contribution < -0.4 is 10.1 Å². The molecule has 1 atom stereocenters. The highest BCUT2D eigenvalue weighted by Gasteiger charge is 2.35. The number of hydrogen-bond acceptors (Lipinski definition) is 5. The first kappa shape index (κ1) is 15.2. The van der Waals surface area contributed by atoms with Crippen LogP contribution in [0.15, 0.2) is 35.1 Å². The van der Waals surface area contributed by atoms with Crippen molar-refractivity contribution in [1.82, 2.24) is 15.2 Å². The number of aromatic nitrogens is 1. The van der Waals surface area contributed by atoms with Gasteiger partial charge in [-0.2, -0.15) is 0 Å². The average molecular weight is 327 g/mol. The molecule has 0 spiro atoms. The topological polar surface area (TPSA) is 67.6 Å². The minimum atomic E-state index is -0.0594. The summed E-state index contributed by atoms with van der Waals surface area (Å²) in [5, 5.41) is 3.47. The summed E-state index contributed by atoms with van der Waals surface area (Å²) >= 11 is 0. The number of para-hydroxylation sites is 1. The molecule has 0 bridgehead atoms. The number of amides is 1. The molecule has 1 unspecified atom stereocenters. The van der Waals surface area contributed by atoms with E-state index in [9.17, 15) is 4.79 Å². The quantitative estimate of drug-likeness (QED) is 0.933. The maximum atomic E-state index is 12.9. The molecule has 1 aliphatic heterocycles. The van der Waals surface area contributed by atoms with Crippen molar-refractivity contribution in [2.45, 2.75) is 24.8 Å². The lowest BCUT2D eigenvalue weighted by Crippen LogP contribution is -2.48. The van der Waals surface area contributed by atoms with E-state index in [1.54, 1.807) is 7.11 Å². The summed E-state index contributed by atoms with van der Waals surface area (Å²) in [6.45, 7) is 1.99. The molecule has 2 heterocycles. The number of nitrogens with one attached hydrogen (secondary N) is 1. The second-order valence-corrected chi connectivity index (χ2v) is 6.34. The van der Waals surface area contributed by atoms with E-state index < -0.39 is 0 Å². The Morgan fingerprint density at radius 2 is 2.21 bits per heavy atom. The van der Waals surface area contributed by atoms with Gasteiger partial charge in [0.05, 0.1) is 18.8 Å². The van der Waals surface area contributed by atoms with Crippen molar-refractivity contribution in [3.8, 4) is 5.75 Å². The van der Waals surface area contributed by atoms with Gasteiger partial charge in [-0.15, -0.1) is 0 Å². The van der Waals surface area contributed by atoms with Crippen LogP contribution in [-0.2, 0) is 0 Å². The lowest BCUT2D eigenvalue weighted by atomic mass is 10.0. The largest absolute Gasteiger partial charge is 0.496 e. The van der Waals surface area contributed by atoms with Gasteiger partial charge in [-0.3, -0.25) is 4.79 Å². The highest BCUT2D eigenvalue weighted by atomic mass is 16.5. The third kappa shape index (κ3) is 2.78. The Balaban J connectivity index is 1.54. The van der Waals surface area contributed by atoms with Gasteiger partial charge in [0.2, 0.25) is 5.76 Å². The zero-order chi connectivity index (χ0) is 16.5. The molecule has 24 heavy (non-hydrogen) atoms. The number of benzene rings is 1. The third-order valence-electron chi connectivity index (χ3n) is 4.73. The van der Waals surface area contributed by atoms with Crippen LogP contribution in [0.5, 0.6) is 5.75 Å². The second kappa shape index (κ2) is 6.28. The van der Waals surface area contributed by atoms with Crippen molar-refractivity contribution in [2.24, 2.45) is 0 Å². The van der Waals surface area contributed by atoms with Gasteiger partial charge in [0.15, 0.2) is 6.39 Å². The van der Waals surface area contributed by atoms with Gasteiger partial charge in [-0.25, -0.2) is 4.98 Å². The number of carbonyl (C=O) groups is 1. The van der Waals surface area contributed by atoms with Crippen molar-refractivity contribution in [3.63, 3.8) is 0 Å². The summed E-state index contributed by atoms with van der Waals surface area (Å²) in [4.78, 5) is 19.0. The van der Waals surface area contributed by atoms with Crippen molar-refractivity contribution < 1.29 is 13.9 Å². The van der Waals surface area contributed by atoms with Crippen LogP contribution in [0.2, 0.25) is 0 Å². The Morgan fingerprint density at radius 3 is 3.00 bits per heavy atom. The Bertz CT molecular complexity index is 739. The van der Waals surface area contributed by atoms with E-state index in [0.29, 0.717) is 24.8 Å². The normalized spacial score (nSPS) is 20.9. The molecule has 1 amide bonds.